The molecule has 2 aromatic rings. The van der Waals surface area contributed by atoms with Crippen LogP contribution in [-0.4, -0.2) is 27.5 Å². The van der Waals surface area contributed by atoms with Crippen molar-refractivity contribution in [1.29, 1.82) is 0 Å². The molecule has 1 saturated heterocycles. The maximum atomic E-state index is 12.4. The molecular weight excluding hydrogens is 451 g/mol. The van der Waals surface area contributed by atoms with E-state index in [1.807, 2.05) is 6.92 Å². The van der Waals surface area contributed by atoms with E-state index in [1.54, 1.807) is 30.3 Å². The summed E-state index contributed by atoms with van der Waals surface area (Å²) in [5.41, 5.74) is 1.26. The highest BCUT2D eigenvalue weighted by Gasteiger charge is 2.34. The van der Waals surface area contributed by atoms with Crippen LogP contribution in [0, 0.1) is 10.1 Å². The Morgan fingerprint density at radius 1 is 1.17 bits per heavy atom. The van der Waals surface area contributed by atoms with Gasteiger partial charge < -0.3 is 4.74 Å². The number of benzene rings is 2. The SMILES string of the molecule is CCCN1C(=O)S/C(=C/c2cc(Cl)c(OCc3ccc([N+](=O)[O-])cc3)c(Cl)c2)C1=O. The van der Waals surface area contributed by atoms with E-state index >= 15 is 0 Å². The number of rotatable bonds is 7. The molecule has 2 amide bonds. The number of thioether (sulfide) groups is 1. The highest BCUT2D eigenvalue weighted by atomic mass is 35.5. The van der Waals surface area contributed by atoms with Crippen molar-refractivity contribution in [1.82, 2.24) is 4.90 Å². The highest BCUT2D eigenvalue weighted by Crippen LogP contribution is 2.37. The topological polar surface area (TPSA) is 89.8 Å². The number of hydrogen-bond donors (Lipinski definition) is 0. The summed E-state index contributed by atoms with van der Waals surface area (Å²) in [7, 11) is 0. The van der Waals surface area contributed by atoms with Gasteiger partial charge in [0.05, 0.1) is 19.9 Å². The molecule has 0 aliphatic carbocycles. The minimum absolute atomic E-state index is 0.0116. The van der Waals surface area contributed by atoms with Crippen molar-refractivity contribution in [2.45, 2.75) is 20.0 Å². The second-order valence-electron chi connectivity index (χ2n) is 6.36. The zero-order valence-electron chi connectivity index (χ0n) is 15.8. The third kappa shape index (κ3) is 4.95. The molecule has 0 aromatic heterocycles. The first-order valence-corrected chi connectivity index (χ1v) is 10.5. The number of amides is 2. The highest BCUT2D eigenvalue weighted by molar-refractivity contribution is 8.18. The molecule has 0 unspecified atom stereocenters. The van der Waals surface area contributed by atoms with E-state index in [9.17, 15) is 19.7 Å². The van der Waals surface area contributed by atoms with Crippen LogP contribution in [0.25, 0.3) is 6.08 Å². The van der Waals surface area contributed by atoms with Crippen LogP contribution >= 0.6 is 35.0 Å². The number of imide groups is 1. The second kappa shape index (κ2) is 9.51. The summed E-state index contributed by atoms with van der Waals surface area (Å²) in [6, 6.07) is 9.12. The Hall–Kier alpha value is -2.55. The van der Waals surface area contributed by atoms with Crippen molar-refractivity contribution < 1.29 is 19.2 Å². The summed E-state index contributed by atoms with van der Waals surface area (Å²) >= 11 is 13.5. The van der Waals surface area contributed by atoms with Gasteiger partial charge in [-0.05, 0) is 59.7 Å². The van der Waals surface area contributed by atoms with Crippen molar-refractivity contribution in [3.05, 3.63) is 72.6 Å². The zero-order chi connectivity index (χ0) is 21.8. The quantitative estimate of drug-likeness (QED) is 0.285. The van der Waals surface area contributed by atoms with Crippen molar-refractivity contribution >= 4 is 57.9 Å². The largest absolute Gasteiger partial charge is 0.486 e. The molecule has 0 bridgehead atoms. The first kappa shape index (κ1) is 22.1. The smallest absolute Gasteiger partial charge is 0.293 e. The fourth-order valence-electron chi connectivity index (χ4n) is 2.74. The van der Waals surface area contributed by atoms with Gasteiger partial charge in [0.2, 0.25) is 0 Å². The lowest BCUT2D eigenvalue weighted by Crippen LogP contribution is -2.28. The van der Waals surface area contributed by atoms with Gasteiger partial charge in [-0.1, -0.05) is 30.1 Å². The number of nitro groups is 1. The van der Waals surface area contributed by atoms with Gasteiger partial charge in [0.15, 0.2) is 5.75 Å². The molecule has 1 aliphatic heterocycles. The lowest BCUT2D eigenvalue weighted by molar-refractivity contribution is -0.384. The number of hydrogen-bond acceptors (Lipinski definition) is 6. The molecule has 0 N–H and O–H groups in total. The van der Waals surface area contributed by atoms with Crippen molar-refractivity contribution in [2.75, 3.05) is 6.54 Å². The van der Waals surface area contributed by atoms with Gasteiger partial charge in [0.1, 0.15) is 6.61 Å². The number of non-ortho nitro benzene ring substituents is 1. The van der Waals surface area contributed by atoms with E-state index in [4.69, 9.17) is 27.9 Å². The van der Waals surface area contributed by atoms with Gasteiger partial charge >= 0.3 is 0 Å². The second-order valence-corrected chi connectivity index (χ2v) is 8.17. The fraction of sp³-hybridized carbons (Fsp3) is 0.200. The Balaban J connectivity index is 1.75. The summed E-state index contributed by atoms with van der Waals surface area (Å²) in [6.45, 7) is 2.38. The molecule has 7 nitrogen and oxygen atoms in total. The van der Waals surface area contributed by atoms with Crippen LogP contribution < -0.4 is 4.74 Å². The maximum Gasteiger partial charge on any atom is 0.293 e. The lowest BCUT2D eigenvalue weighted by atomic mass is 10.2. The summed E-state index contributed by atoms with van der Waals surface area (Å²) in [6.07, 6.45) is 2.25. The average Bonchev–Trinajstić information content (AvgIpc) is 2.95. The summed E-state index contributed by atoms with van der Waals surface area (Å²) in [5, 5.41) is 10.9. The maximum absolute atomic E-state index is 12.4. The van der Waals surface area contributed by atoms with E-state index in [0.29, 0.717) is 29.0 Å². The molecule has 1 aliphatic rings. The molecule has 3 rings (SSSR count). The van der Waals surface area contributed by atoms with Crippen LogP contribution in [0.15, 0.2) is 41.3 Å². The van der Waals surface area contributed by atoms with Crippen LogP contribution in [0.1, 0.15) is 24.5 Å². The fourth-order valence-corrected chi connectivity index (χ4v) is 4.22. The van der Waals surface area contributed by atoms with Crippen LogP contribution in [0.4, 0.5) is 10.5 Å². The molecule has 0 saturated carbocycles. The van der Waals surface area contributed by atoms with Crippen LogP contribution in [0.2, 0.25) is 10.0 Å². The molecule has 0 atom stereocenters. The first-order valence-electron chi connectivity index (χ1n) is 8.90. The molecule has 0 spiro atoms. The Labute approximate surface area is 186 Å². The van der Waals surface area contributed by atoms with Gasteiger partial charge in [-0.15, -0.1) is 0 Å². The van der Waals surface area contributed by atoms with Crippen molar-refractivity contribution in [3.63, 3.8) is 0 Å². The molecule has 2 aromatic carbocycles. The number of halogens is 2. The minimum atomic E-state index is -0.478. The zero-order valence-corrected chi connectivity index (χ0v) is 18.1. The summed E-state index contributed by atoms with van der Waals surface area (Å²) in [4.78, 5) is 36.1. The minimum Gasteiger partial charge on any atom is -0.486 e. The van der Waals surface area contributed by atoms with Gasteiger partial charge in [0.25, 0.3) is 16.8 Å². The first-order chi connectivity index (χ1) is 14.3. The predicted molar refractivity (Wildman–Crippen MR) is 117 cm³/mol. The molecule has 30 heavy (non-hydrogen) atoms. The number of nitrogens with zero attached hydrogens (tertiary/aromatic N) is 2. The number of nitro benzene ring substituents is 1. The van der Waals surface area contributed by atoms with Crippen LogP contribution in [0.3, 0.4) is 0 Å². The molecule has 1 heterocycles. The average molecular weight is 467 g/mol. The standard InChI is InChI=1S/C20H16Cl2N2O5S/c1-2-7-23-19(25)17(30-20(23)26)10-13-8-15(21)18(16(22)9-13)29-11-12-3-5-14(6-4-12)24(27)28/h3-6,8-10H,2,7,11H2,1H3/b17-10+. The Bertz CT molecular complexity index is 1020. The van der Waals surface area contributed by atoms with Crippen LogP contribution in [-0.2, 0) is 11.4 Å². The molecule has 0 radical (unpaired) electrons. The van der Waals surface area contributed by atoms with E-state index < -0.39 is 4.92 Å². The van der Waals surface area contributed by atoms with E-state index in [1.165, 1.54) is 17.0 Å². The monoisotopic (exact) mass is 466 g/mol. The third-order valence-corrected chi connectivity index (χ3v) is 5.64. The Morgan fingerprint density at radius 3 is 2.37 bits per heavy atom. The summed E-state index contributed by atoms with van der Waals surface area (Å²) in [5.74, 6) is -0.0782. The Morgan fingerprint density at radius 2 is 1.80 bits per heavy atom. The molecular formula is C20H16Cl2N2O5S. The Kier molecular flexibility index (Phi) is 7.02. The normalized spacial score (nSPS) is 15.2. The molecule has 10 heteroatoms. The molecule has 156 valence electrons. The van der Waals surface area contributed by atoms with Gasteiger partial charge in [-0.25, -0.2) is 0 Å². The van der Waals surface area contributed by atoms with Crippen LogP contribution in [0.5, 0.6) is 5.75 Å². The van der Waals surface area contributed by atoms with Gasteiger partial charge in [0, 0.05) is 18.7 Å². The van der Waals surface area contributed by atoms with Gasteiger partial charge in [-0.3, -0.25) is 24.6 Å². The van der Waals surface area contributed by atoms with Crippen molar-refractivity contribution in [2.24, 2.45) is 0 Å². The van der Waals surface area contributed by atoms with E-state index in [2.05, 4.69) is 0 Å². The number of ether oxygens (including phenoxy) is 1. The van der Waals surface area contributed by atoms with Gasteiger partial charge in [-0.2, -0.15) is 0 Å². The van der Waals surface area contributed by atoms with Crippen molar-refractivity contribution in [3.8, 4) is 5.75 Å². The predicted octanol–water partition coefficient (Wildman–Crippen LogP) is 5.93. The third-order valence-electron chi connectivity index (χ3n) is 4.17. The van der Waals surface area contributed by atoms with E-state index in [0.717, 1.165) is 11.8 Å². The number of carbonyl (C=O) groups is 2. The summed E-state index contributed by atoms with van der Waals surface area (Å²) < 4.78 is 5.68. The van der Waals surface area contributed by atoms with E-state index in [-0.39, 0.29) is 39.2 Å². The number of carbonyl (C=O) groups excluding carboxylic acids is 2. The lowest BCUT2D eigenvalue weighted by Gasteiger charge is -2.11. The molecule has 1 fully saturated rings.